The molecule has 0 bridgehead atoms. The number of thioether (sulfide) groups is 1. The quantitative estimate of drug-likeness (QED) is 0.345. The van der Waals surface area contributed by atoms with Gasteiger partial charge < -0.3 is 4.74 Å². The van der Waals surface area contributed by atoms with Crippen LogP contribution in [0.15, 0.2) is 0 Å². The van der Waals surface area contributed by atoms with Gasteiger partial charge in [-0.1, -0.05) is 0 Å². The van der Waals surface area contributed by atoms with E-state index in [2.05, 4.69) is 10.7 Å². The summed E-state index contributed by atoms with van der Waals surface area (Å²) >= 11 is 1.49. The van der Waals surface area contributed by atoms with Gasteiger partial charge >= 0.3 is 5.97 Å². The molecule has 0 spiro atoms. The molecule has 56 valence electrons. The van der Waals surface area contributed by atoms with Crippen LogP contribution in [-0.2, 0) is 9.53 Å². The van der Waals surface area contributed by atoms with Crippen LogP contribution in [0.2, 0.25) is 0 Å². The van der Waals surface area contributed by atoms with E-state index in [4.69, 9.17) is 6.42 Å². The Morgan fingerprint density at radius 3 is 3.00 bits per heavy atom. The second kappa shape index (κ2) is 6.50. The number of methoxy groups -OCH3 is 1. The van der Waals surface area contributed by atoms with Gasteiger partial charge in [0.25, 0.3) is 0 Å². The van der Waals surface area contributed by atoms with E-state index in [0.717, 1.165) is 5.75 Å². The van der Waals surface area contributed by atoms with Gasteiger partial charge in [-0.2, -0.15) is 0 Å². The maximum atomic E-state index is 10.5. The molecule has 0 aliphatic rings. The van der Waals surface area contributed by atoms with Crippen molar-refractivity contribution in [3.63, 3.8) is 0 Å². The fraction of sp³-hybridized carbons (Fsp3) is 0.571. The molecular formula is C7H10O2S. The summed E-state index contributed by atoms with van der Waals surface area (Å²) in [5, 5.41) is 0. The van der Waals surface area contributed by atoms with Crippen LogP contribution in [0.25, 0.3) is 0 Å². The van der Waals surface area contributed by atoms with Gasteiger partial charge in [-0.3, -0.25) is 4.79 Å². The Bertz CT molecular complexity index is 137. The van der Waals surface area contributed by atoms with E-state index in [1.165, 1.54) is 18.9 Å². The summed E-state index contributed by atoms with van der Waals surface area (Å²) in [6, 6.07) is 0. The summed E-state index contributed by atoms with van der Waals surface area (Å²) in [4.78, 5) is 10.5. The number of ether oxygens (including phenoxy) is 1. The highest BCUT2D eigenvalue weighted by atomic mass is 32.2. The van der Waals surface area contributed by atoms with E-state index >= 15 is 0 Å². The van der Waals surface area contributed by atoms with Crippen LogP contribution in [0.4, 0.5) is 0 Å². The molecule has 0 amide bonds. The minimum absolute atomic E-state index is 0.193. The molecule has 0 heterocycles. The van der Waals surface area contributed by atoms with E-state index in [1.54, 1.807) is 0 Å². The Balaban J connectivity index is 3.05. The average Bonchev–Trinajstić information content (AvgIpc) is 1.98. The molecule has 2 nitrogen and oxygen atoms in total. The fourth-order valence-electron chi connectivity index (χ4n) is 0.346. The van der Waals surface area contributed by atoms with Gasteiger partial charge in [-0.25, -0.2) is 0 Å². The average molecular weight is 158 g/mol. The maximum absolute atomic E-state index is 10.5. The number of hydrogen-bond donors (Lipinski definition) is 0. The highest BCUT2D eigenvalue weighted by molar-refractivity contribution is 7.99. The summed E-state index contributed by atoms with van der Waals surface area (Å²) in [5.41, 5.74) is 0. The fourth-order valence-corrected chi connectivity index (χ4v) is 1.04. The van der Waals surface area contributed by atoms with Crippen molar-refractivity contribution in [2.45, 2.75) is 6.42 Å². The van der Waals surface area contributed by atoms with E-state index in [0.29, 0.717) is 12.2 Å². The van der Waals surface area contributed by atoms with Crippen molar-refractivity contribution in [1.29, 1.82) is 0 Å². The summed E-state index contributed by atoms with van der Waals surface area (Å²) < 4.78 is 4.42. The Labute approximate surface area is 65.3 Å². The van der Waals surface area contributed by atoms with Gasteiger partial charge in [0.05, 0.1) is 12.9 Å². The Kier molecular flexibility index (Phi) is 6.10. The van der Waals surface area contributed by atoms with Crippen LogP contribution in [0.1, 0.15) is 6.42 Å². The van der Waals surface area contributed by atoms with Crippen molar-refractivity contribution in [3.8, 4) is 12.3 Å². The number of terminal acetylenes is 1. The van der Waals surface area contributed by atoms with Crippen LogP contribution < -0.4 is 0 Å². The van der Waals surface area contributed by atoms with E-state index < -0.39 is 0 Å². The van der Waals surface area contributed by atoms with E-state index in [1.807, 2.05) is 0 Å². The smallest absolute Gasteiger partial charge is 0.315 e. The molecule has 0 aliphatic carbocycles. The van der Waals surface area contributed by atoms with E-state index in [-0.39, 0.29) is 5.97 Å². The van der Waals surface area contributed by atoms with Gasteiger partial charge in [0, 0.05) is 12.2 Å². The number of rotatable bonds is 4. The first-order valence-corrected chi connectivity index (χ1v) is 4.04. The van der Waals surface area contributed by atoms with Gasteiger partial charge in [0.1, 0.15) is 0 Å². The highest BCUT2D eigenvalue weighted by Crippen LogP contribution is 2.01. The van der Waals surface area contributed by atoms with Crippen molar-refractivity contribution >= 4 is 17.7 Å². The first-order chi connectivity index (χ1) is 4.81. The highest BCUT2D eigenvalue weighted by Gasteiger charge is 1.97. The van der Waals surface area contributed by atoms with Crippen molar-refractivity contribution in [2.75, 3.05) is 18.6 Å². The Hall–Kier alpha value is -0.620. The zero-order valence-corrected chi connectivity index (χ0v) is 6.74. The lowest BCUT2D eigenvalue weighted by Crippen LogP contribution is -2.03. The molecule has 0 aromatic carbocycles. The summed E-state index contributed by atoms with van der Waals surface area (Å²) in [6.45, 7) is 0. The first kappa shape index (κ1) is 9.38. The second-order valence-electron chi connectivity index (χ2n) is 1.58. The van der Waals surface area contributed by atoms with Gasteiger partial charge in [0.15, 0.2) is 0 Å². The molecule has 3 heteroatoms. The molecule has 0 radical (unpaired) electrons. The third kappa shape index (κ3) is 5.52. The summed E-state index contributed by atoms with van der Waals surface area (Å²) in [6.07, 6.45) is 5.71. The molecule has 0 N–H and O–H groups in total. The number of esters is 1. The molecule has 0 saturated heterocycles. The summed E-state index contributed by atoms with van der Waals surface area (Å²) in [7, 11) is 1.38. The topological polar surface area (TPSA) is 26.3 Å². The molecule has 0 atom stereocenters. The van der Waals surface area contributed by atoms with E-state index in [9.17, 15) is 4.79 Å². The molecule has 0 unspecified atom stereocenters. The minimum atomic E-state index is -0.193. The lowest BCUT2D eigenvalue weighted by atomic mass is 10.5. The zero-order valence-electron chi connectivity index (χ0n) is 5.92. The summed E-state index contributed by atoms with van der Waals surface area (Å²) in [5.74, 6) is 3.52. The molecule has 0 rings (SSSR count). The second-order valence-corrected chi connectivity index (χ2v) is 2.69. The lowest BCUT2D eigenvalue weighted by Gasteiger charge is -1.95. The maximum Gasteiger partial charge on any atom is 0.315 e. The largest absolute Gasteiger partial charge is 0.468 e. The molecular weight excluding hydrogens is 148 g/mol. The molecule has 0 fully saturated rings. The van der Waals surface area contributed by atoms with Crippen molar-refractivity contribution in [1.82, 2.24) is 0 Å². The van der Waals surface area contributed by atoms with Crippen LogP contribution in [-0.4, -0.2) is 24.6 Å². The third-order valence-electron chi connectivity index (χ3n) is 0.838. The van der Waals surface area contributed by atoms with Crippen LogP contribution in [0, 0.1) is 12.3 Å². The molecule has 0 aliphatic heterocycles. The van der Waals surface area contributed by atoms with Crippen molar-refractivity contribution in [2.24, 2.45) is 0 Å². The molecule has 10 heavy (non-hydrogen) atoms. The minimum Gasteiger partial charge on any atom is -0.468 e. The van der Waals surface area contributed by atoms with Gasteiger partial charge in [-0.05, 0) is 0 Å². The van der Waals surface area contributed by atoms with Gasteiger partial charge in [-0.15, -0.1) is 24.1 Å². The predicted octanol–water partition coefficient (Wildman–Crippen LogP) is 0.916. The normalized spacial score (nSPS) is 8.40. The van der Waals surface area contributed by atoms with Crippen LogP contribution in [0.3, 0.4) is 0 Å². The van der Waals surface area contributed by atoms with Gasteiger partial charge in [0.2, 0.25) is 0 Å². The van der Waals surface area contributed by atoms with Crippen molar-refractivity contribution in [3.05, 3.63) is 0 Å². The monoisotopic (exact) mass is 158 g/mol. The van der Waals surface area contributed by atoms with Crippen LogP contribution in [0.5, 0.6) is 0 Å². The SMILES string of the molecule is C#CCCSCC(=O)OC. The molecule has 0 aromatic heterocycles. The first-order valence-electron chi connectivity index (χ1n) is 2.89. The number of carbonyl (C=O) groups is 1. The predicted molar refractivity (Wildman–Crippen MR) is 42.8 cm³/mol. The van der Waals surface area contributed by atoms with Crippen LogP contribution >= 0.6 is 11.8 Å². The lowest BCUT2D eigenvalue weighted by molar-refractivity contribution is -0.137. The standard InChI is InChI=1S/C7H10O2S/c1-3-4-5-10-6-7(8)9-2/h1H,4-6H2,2H3. The Morgan fingerprint density at radius 1 is 1.80 bits per heavy atom. The van der Waals surface area contributed by atoms with Crippen molar-refractivity contribution < 1.29 is 9.53 Å². The molecule has 0 aromatic rings. The molecule has 0 saturated carbocycles. The third-order valence-corrected chi connectivity index (χ3v) is 1.77. The number of hydrogen-bond acceptors (Lipinski definition) is 3. The Morgan fingerprint density at radius 2 is 2.50 bits per heavy atom. The zero-order chi connectivity index (χ0) is 7.82. The number of carbonyl (C=O) groups excluding carboxylic acids is 1.